The van der Waals surface area contributed by atoms with Gasteiger partial charge in [-0.3, -0.25) is 0 Å². The van der Waals surface area contributed by atoms with E-state index in [1.54, 1.807) is 0 Å². The van der Waals surface area contributed by atoms with E-state index in [2.05, 4.69) is 24.9 Å². The quantitative estimate of drug-likeness (QED) is 0.629. The van der Waals surface area contributed by atoms with Crippen molar-refractivity contribution in [1.82, 2.24) is 4.98 Å². The molecule has 0 amide bonds. The fourth-order valence-corrected chi connectivity index (χ4v) is 2.55. The first-order valence-electron chi connectivity index (χ1n) is 5.21. The number of pyridine rings is 1. The van der Waals surface area contributed by atoms with Crippen LogP contribution in [0.2, 0.25) is 5.15 Å². The van der Waals surface area contributed by atoms with E-state index in [9.17, 15) is 0 Å². The van der Waals surface area contributed by atoms with Crippen molar-refractivity contribution in [2.75, 3.05) is 0 Å². The van der Waals surface area contributed by atoms with Crippen LogP contribution in [0.3, 0.4) is 0 Å². The molecule has 0 aromatic carbocycles. The third-order valence-corrected chi connectivity index (χ3v) is 3.33. The number of fused-ring (bicyclic) bond motifs is 1. The second kappa shape index (κ2) is 3.83. The standard InChI is InChI=1S/C12H13ClN2/c1-7-3-8(2)10-5-9(6-14)12(13)15-11(10)4-7/h5,7-8H,3-4H2,1-2H3. The number of hydrogen-bond acceptors (Lipinski definition) is 2. The SMILES string of the molecule is CC1Cc2nc(Cl)c(C#N)cc2C(C)C1. The normalized spacial score (nSPS) is 24.4. The zero-order chi connectivity index (χ0) is 11.0. The maximum absolute atomic E-state index is 8.88. The van der Waals surface area contributed by atoms with Crippen molar-refractivity contribution in [1.29, 1.82) is 5.26 Å². The first kappa shape index (κ1) is 10.4. The van der Waals surface area contributed by atoms with Gasteiger partial charge in [0.25, 0.3) is 0 Å². The van der Waals surface area contributed by atoms with Gasteiger partial charge in [0.1, 0.15) is 11.2 Å². The first-order chi connectivity index (χ1) is 7.11. The number of hydrogen-bond donors (Lipinski definition) is 0. The molecule has 1 aliphatic rings. The largest absolute Gasteiger partial charge is 0.239 e. The smallest absolute Gasteiger partial charge is 0.147 e. The van der Waals surface area contributed by atoms with Gasteiger partial charge in [0, 0.05) is 5.69 Å². The molecular formula is C12H13ClN2. The van der Waals surface area contributed by atoms with E-state index in [4.69, 9.17) is 16.9 Å². The number of nitriles is 1. The van der Waals surface area contributed by atoms with Gasteiger partial charge < -0.3 is 0 Å². The van der Waals surface area contributed by atoms with E-state index in [1.807, 2.05) is 6.07 Å². The van der Waals surface area contributed by atoms with Gasteiger partial charge >= 0.3 is 0 Å². The molecule has 0 spiro atoms. The van der Waals surface area contributed by atoms with Crippen LogP contribution in [0.4, 0.5) is 0 Å². The first-order valence-corrected chi connectivity index (χ1v) is 5.59. The Kier molecular flexibility index (Phi) is 2.67. The Labute approximate surface area is 94.9 Å². The molecule has 2 rings (SSSR count). The van der Waals surface area contributed by atoms with Crippen LogP contribution in [-0.2, 0) is 6.42 Å². The van der Waals surface area contributed by atoms with Gasteiger partial charge in [-0.2, -0.15) is 5.26 Å². The van der Waals surface area contributed by atoms with E-state index < -0.39 is 0 Å². The van der Waals surface area contributed by atoms with Crippen molar-refractivity contribution in [3.8, 4) is 6.07 Å². The minimum atomic E-state index is 0.345. The topological polar surface area (TPSA) is 36.7 Å². The third kappa shape index (κ3) is 1.85. The van der Waals surface area contributed by atoms with Gasteiger partial charge in [-0.25, -0.2) is 4.98 Å². The summed E-state index contributed by atoms with van der Waals surface area (Å²) >= 11 is 5.92. The summed E-state index contributed by atoms with van der Waals surface area (Å²) in [4.78, 5) is 4.33. The molecule has 0 saturated carbocycles. The molecule has 1 aromatic rings. The lowest BCUT2D eigenvalue weighted by Gasteiger charge is -2.26. The average Bonchev–Trinajstić information content (AvgIpc) is 2.16. The van der Waals surface area contributed by atoms with Crippen LogP contribution in [0.1, 0.15) is 43.0 Å². The summed E-state index contributed by atoms with van der Waals surface area (Å²) in [5.41, 5.74) is 2.77. The van der Waals surface area contributed by atoms with E-state index in [-0.39, 0.29) is 0 Å². The lowest BCUT2D eigenvalue weighted by atomic mass is 9.80. The molecule has 15 heavy (non-hydrogen) atoms. The number of nitrogens with zero attached hydrogens (tertiary/aromatic N) is 2. The molecule has 78 valence electrons. The molecule has 0 aliphatic heterocycles. The summed E-state index contributed by atoms with van der Waals surface area (Å²) in [7, 11) is 0. The Morgan fingerprint density at radius 2 is 2.27 bits per heavy atom. The predicted molar refractivity (Wildman–Crippen MR) is 59.9 cm³/mol. The Balaban J connectivity index is 2.53. The van der Waals surface area contributed by atoms with Crippen LogP contribution in [-0.4, -0.2) is 4.98 Å². The Morgan fingerprint density at radius 3 is 2.93 bits per heavy atom. The summed E-state index contributed by atoms with van der Waals surface area (Å²) in [6, 6.07) is 3.99. The van der Waals surface area contributed by atoms with Crippen LogP contribution in [0.5, 0.6) is 0 Å². The third-order valence-electron chi connectivity index (χ3n) is 3.04. The molecule has 2 unspecified atom stereocenters. The lowest BCUT2D eigenvalue weighted by Crippen LogP contribution is -2.16. The van der Waals surface area contributed by atoms with Crippen molar-refractivity contribution in [3.05, 3.63) is 28.0 Å². The molecule has 0 radical (unpaired) electrons. The minimum absolute atomic E-state index is 0.345. The van der Waals surface area contributed by atoms with E-state index in [0.717, 1.165) is 12.1 Å². The number of rotatable bonds is 0. The molecular weight excluding hydrogens is 208 g/mol. The molecule has 2 nitrogen and oxygen atoms in total. The Morgan fingerprint density at radius 1 is 1.53 bits per heavy atom. The van der Waals surface area contributed by atoms with Crippen LogP contribution in [0, 0.1) is 17.2 Å². The highest BCUT2D eigenvalue weighted by Crippen LogP contribution is 2.35. The van der Waals surface area contributed by atoms with E-state index >= 15 is 0 Å². The van der Waals surface area contributed by atoms with Crippen molar-refractivity contribution < 1.29 is 0 Å². The maximum atomic E-state index is 8.88. The monoisotopic (exact) mass is 220 g/mol. The summed E-state index contributed by atoms with van der Waals surface area (Å²) in [5.74, 6) is 1.14. The van der Waals surface area contributed by atoms with Crippen LogP contribution in [0.15, 0.2) is 6.07 Å². The molecule has 0 fully saturated rings. The van der Waals surface area contributed by atoms with E-state index in [1.165, 1.54) is 12.0 Å². The highest BCUT2D eigenvalue weighted by atomic mass is 35.5. The van der Waals surface area contributed by atoms with Gasteiger partial charge in [0.15, 0.2) is 0 Å². The molecule has 0 saturated heterocycles. The second-order valence-corrected chi connectivity index (χ2v) is 4.78. The Bertz CT molecular complexity index is 434. The van der Waals surface area contributed by atoms with Gasteiger partial charge in [0.2, 0.25) is 0 Å². The molecule has 1 heterocycles. The maximum Gasteiger partial charge on any atom is 0.147 e. The zero-order valence-electron chi connectivity index (χ0n) is 8.92. The summed E-state index contributed by atoms with van der Waals surface area (Å²) in [6.07, 6.45) is 2.15. The van der Waals surface area contributed by atoms with Crippen molar-refractivity contribution in [3.63, 3.8) is 0 Å². The van der Waals surface area contributed by atoms with Crippen LogP contribution >= 0.6 is 11.6 Å². The Hall–Kier alpha value is -1.07. The highest BCUT2D eigenvalue weighted by molar-refractivity contribution is 6.30. The second-order valence-electron chi connectivity index (χ2n) is 4.42. The molecule has 3 heteroatoms. The molecule has 0 N–H and O–H groups in total. The van der Waals surface area contributed by atoms with Gasteiger partial charge in [-0.1, -0.05) is 25.4 Å². The molecule has 1 aliphatic carbocycles. The molecule has 1 aromatic heterocycles. The average molecular weight is 221 g/mol. The van der Waals surface area contributed by atoms with Gasteiger partial charge in [0.05, 0.1) is 5.56 Å². The lowest BCUT2D eigenvalue weighted by molar-refractivity contribution is 0.442. The fourth-order valence-electron chi connectivity index (χ4n) is 2.35. The van der Waals surface area contributed by atoms with Crippen molar-refractivity contribution >= 4 is 11.6 Å². The van der Waals surface area contributed by atoms with Crippen LogP contribution < -0.4 is 0 Å². The highest BCUT2D eigenvalue weighted by Gasteiger charge is 2.23. The molecule has 0 bridgehead atoms. The van der Waals surface area contributed by atoms with Crippen LogP contribution in [0.25, 0.3) is 0 Å². The molecule has 2 atom stereocenters. The number of halogens is 1. The van der Waals surface area contributed by atoms with Gasteiger partial charge in [-0.15, -0.1) is 0 Å². The minimum Gasteiger partial charge on any atom is -0.239 e. The van der Waals surface area contributed by atoms with E-state index in [0.29, 0.717) is 22.6 Å². The summed E-state index contributed by atoms with van der Waals surface area (Å²) in [5, 5.41) is 9.23. The fraction of sp³-hybridized carbons (Fsp3) is 0.500. The number of aromatic nitrogens is 1. The summed E-state index contributed by atoms with van der Waals surface area (Å²) < 4.78 is 0. The van der Waals surface area contributed by atoms with Crippen molar-refractivity contribution in [2.24, 2.45) is 5.92 Å². The zero-order valence-corrected chi connectivity index (χ0v) is 9.67. The van der Waals surface area contributed by atoms with Gasteiger partial charge in [-0.05, 0) is 36.3 Å². The summed E-state index contributed by atoms with van der Waals surface area (Å²) in [6.45, 7) is 4.42. The predicted octanol–water partition coefficient (Wildman–Crippen LogP) is 3.29. The van der Waals surface area contributed by atoms with Crippen molar-refractivity contribution in [2.45, 2.75) is 32.6 Å².